The number of rotatable bonds is 4. The molecule has 0 N–H and O–H groups in total. The quantitative estimate of drug-likeness (QED) is 0.785. The molecule has 1 aliphatic heterocycles. The molecule has 134 valence electrons. The Labute approximate surface area is 140 Å². The molecule has 0 bridgehead atoms. The van der Waals surface area contributed by atoms with Crippen molar-refractivity contribution in [1.29, 1.82) is 0 Å². The van der Waals surface area contributed by atoms with Gasteiger partial charge in [-0.2, -0.15) is 8.78 Å². The smallest absolute Gasteiger partial charge is 0.383 e. The molecular weight excluding hydrogens is 344 g/mol. The van der Waals surface area contributed by atoms with Crippen molar-refractivity contribution in [3.05, 3.63) is 30.7 Å². The van der Waals surface area contributed by atoms with Crippen LogP contribution >= 0.6 is 0 Å². The molecule has 3 heterocycles. The van der Waals surface area contributed by atoms with E-state index in [4.69, 9.17) is 4.42 Å². The monoisotopic (exact) mass is 358 g/mol. The van der Waals surface area contributed by atoms with E-state index < -0.39 is 18.3 Å². The standard InChI is InChI=1S/C15H14F4N4O2/c16-12(17)15(18,19)13(24)22-5-7-23(8-6-22)14-20-4-3-10(21-14)11-2-1-9-25-11/h1-4,9,12H,5-8H2. The SMILES string of the molecule is O=C(N1CCN(c2nccc(-c3ccco3)n2)CC1)C(F)(F)C(F)F. The average molecular weight is 358 g/mol. The lowest BCUT2D eigenvalue weighted by atomic mass is 10.2. The zero-order valence-electron chi connectivity index (χ0n) is 12.9. The molecule has 1 fully saturated rings. The Balaban J connectivity index is 1.67. The number of aromatic nitrogens is 2. The molecule has 0 spiro atoms. The maximum Gasteiger partial charge on any atom is 0.383 e. The van der Waals surface area contributed by atoms with Crippen molar-refractivity contribution in [3.8, 4) is 11.5 Å². The highest BCUT2D eigenvalue weighted by molar-refractivity contribution is 5.84. The molecule has 0 atom stereocenters. The third-order valence-electron chi connectivity index (χ3n) is 3.83. The second kappa shape index (κ2) is 6.69. The maximum absolute atomic E-state index is 13.2. The molecule has 1 amide bonds. The molecule has 3 rings (SSSR count). The summed E-state index contributed by atoms with van der Waals surface area (Å²) in [4.78, 5) is 22.4. The van der Waals surface area contributed by atoms with Crippen molar-refractivity contribution < 1.29 is 26.8 Å². The number of halogens is 4. The van der Waals surface area contributed by atoms with Crippen LogP contribution in [0.15, 0.2) is 35.1 Å². The van der Waals surface area contributed by atoms with E-state index in [-0.39, 0.29) is 26.2 Å². The molecule has 0 radical (unpaired) electrons. The van der Waals surface area contributed by atoms with E-state index in [0.29, 0.717) is 17.4 Å². The van der Waals surface area contributed by atoms with Crippen LogP contribution in [-0.2, 0) is 4.79 Å². The van der Waals surface area contributed by atoms with Gasteiger partial charge in [0.05, 0.1) is 6.26 Å². The van der Waals surface area contributed by atoms with Crippen LogP contribution in [0.5, 0.6) is 0 Å². The number of piperazine rings is 1. The summed E-state index contributed by atoms with van der Waals surface area (Å²) in [7, 11) is 0. The second-order valence-corrected chi connectivity index (χ2v) is 5.42. The summed E-state index contributed by atoms with van der Waals surface area (Å²) in [6.07, 6.45) is -0.987. The van der Waals surface area contributed by atoms with Crippen molar-refractivity contribution in [2.24, 2.45) is 0 Å². The van der Waals surface area contributed by atoms with Gasteiger partial charge in [-0.1, -0.05) is 0 Å². The lowest BCUT2D eigenvalue weighted by Crippen LogP contribution is -2.55. The number of carbonyl (C=O) groups excluding carboxylic acids is 1. The number of carbonyl (C=O) groups is 1. The highest BCUT2D eigenvalue weighted by Gasteiger charge is 2.51. The predicted octanol–water partition coefficient (Wildman–Crippen LogP) is 2.29. The van der Waals surface area contributed by atoms with Gasteiger partial charge in [-0.05, 0) is 18.2 Å². The topological polar surface area (TPSA) is 62.5 Å². The first-order chi connectivity index (χ1) is 11.9. The van der Waals surface area contributed by atoms with E-state index in [1.165, 1.54) is 12.5 Å². The summed E-state index contributed by atoms with van der Waals surface area (Å²) in [5.74, 6) is -5.62. The zero-order chi connectivity index (χ0) is 18.0. The third-order valence-corrected chi connectivity index (χ3v) is 3.83. The van der Waals surface area contributed by atoms with E-state index in [9.17, 15) is 22.4 Å². The average Bonchev–Trinajstić information content (AvgIpc) is 3.16. The van der Waals surface area contributed by atoms with Gasteiger partial charge in [0.1, 0.15) is 5.69 Å². The number of hydrogen-bond donors (Lipinski definition) is 0. The number of nitrogens with zero attached hydrogens (tertiary/aromatic N) is 4. The van der Waals surface area contributed by atoms with Crippen LogP contribution < -0.4 is 4.90 Å². The van der Waals surface area contributed by atoms with Crippen molar-refractivity contribution in [2.45, 2.75) is 12.3 Å². The van der Waals surface area contributed by atoms with Gasteiger partial charge in [0.15, 0.2) is 5.76 Å². The molecule has 0 unspecified atom stereocenters. The fourth-order valence-corrected chi connectivity index (χ4v) is 2.48. The normalized spacial score (nSPS) is 15.7. The van der Waals surface area contributed by atoms with Gasteiger partial charge < -0.3 is 14.2 Å². The first-order valence-corrected chi connectivity index (χ1v) is 7.47. The third kappa shape index (κ3) is 3.42. The minimum absolute atomic E-state index is 0.116. The molecule has 0 saturated carbocycles. The minimum Gasteiger partial charge on any atom is -0.463 e. The van der Waals surface area contributed by atoms with Crippen LogP contribution in [0.25, 0.3) is 11.5 Å². The van der Waals surface area contributed by atoms with E-state index in [0.717, 1.165) is 4.90 Å². The Hall–Kier alpha value is -2.65. The van der Waals surface area contributed by atoms with Gasteiger partial charge in [-0.25, -0.2) is 18.7 Å². The largest absolute Gasteiger partial charge is 0.463 e. The molecule has 1 aliphatic rings. The van der Waals surface area contributed by atoms with E-state index in [1.54, 1.807) is 23.1 Å². The van der Waals surface area contributed by atoms with Gasteiger partial charge in [0.2, 0.25) is 5.95 Å². The lowest BCUT2D eigenvalue weighted by Gasteiger charge is -2.36. The molecule has 6 nitrogen and oxygen atoms in total. The Bertz CT molecular complexity index is 731. The van der Waals surface area contributed by atoms with Crippen LogP contribution in [0.1, 0.15) is 0 Å². The molecule has 25 heavy (non-hydrogen) atoms. The Kier molecular flexibility index (Phi) is 4.60. The van der Waals surface area contributed by atoms with Gasteiger partial charge in [-0.3, -0.25) is 4.79 Å². The molecule has 2 aromatic heterocycles. The first-order valence-electron chi connectivity index (χ1n) is 7.47. The number of alkyl halides is 4. The van der Waals surface area contributed by atoms with Gasteiger partial charge >= 0.3 is 12.3 Å². The van der Waals surface area contributed by atoms with Crippen molar-refractivity contribution in [1.82, 2.24) is 14.9 Å². The summed E-state index contributed by atoms with van der Waals surface area (Å²) in [5, 5.41) is 0. The predicted molar refractivity (Wildman–Crippen MR) is 79.5 cm³/mol. The summed E-state index contributed by atoms with van der Waals surface area (Å²) < 4.78 is 56.2. The lowest BCUT2D eigenvalue weighted by molar-refractivity contribution is -0.180. The van der Waals surface area contributed by atoms with E-state index >= 15 is 0 Å². The Morgan fingerprint density at radius 2 is 1.92 bits per heavy atom. The van der Waals surface area contributed by atoms with Crippen molar-refractivity contribution in [3.63, 3.8) is 0 Å². The van der Waals surface area contributed by atoms with Crippen LogP contribution in [0, 0.1) is 0 Å². The molecule has 10 heteroatoms. The van der Waals surface area contributed by atoms with Gasteiger partial charge in [0.25, 0.3) is 5.91 Å². The molecule has 2 aromatic rings. The number of anilines is 1. The molecular formula is C15H14F4N4O2. The second-order valence-electron chi connectivity index (χ2n) is 5.42. The summed E-state index contributed by atoms with van der Waals surface area (Å²) in [5.41, 5.74) is 0.553. The van der Waals surface area contributed by atoms with Crippen LogP contribution in [0.4, 0.5) is 23.5 Å². The number of hydrogen-bond acceptors (Lipinski definition) is 5. The highest BCUT2D eigenvalue weighted by Crippen LogP contribution is 2.26. The van der Waals surface area contributed by atoms with Crippen molar-refractivity contribution in [2.75, 3.05) is 31.1 Å². The fraction of sp³-hybridized carbons (Fsp3) is 0.400. The van der Waals surface area contributed by atoms with E-state index in [2.05, 4.69) is 9.97 Å². The van der Waals surface area contributed by atoms with Gasteiger partial charge in [-0.15, -0.1) is 0 Å². The molecule has 0 aromatic carbocycles. The van der Waals surface area contributed by atoms with Crippen LogP contribution in [0.2, 0.25) is 0 Å². The maximum atomic E-state index is 13.2. The van der Waals surface area contributed by atoms with Crippen LogP contribution in [0.3, 0.4) is 0 Å². The summed E-state index contributed by atoms with van der Waals surface area (Å²) in [6.45, 7) is 0.0876. The van der Waals surface area contributed by atoms with Gasteiger partial charge in [0, 0.05) is 32.4 Å². The molecule has 0 aliphatic carbocycles. The van der Waals surface area contributed by atoms with Crippen LogP contribution in [-0.4, -0.2) is 59.3 Å². The summed E-state index contributed by atoms with van der Waals surface area (Å²) >= 11 is 0. The summed E-state index contributed by atoms with van der Waals surface area (Å²) in [6, 6.07) is 5.10. The minimum atomic E-state index is -4.67. The highest BCUT2D eigenvalue weighted by atomic mass is 19.3. The van der Waals surface area contributed by atoms with E-state index in [1.807, 2.05) is 0 Å². The molecule has 1 saturated heterocycles. The Morgan fingerprint density at radius 3 is 2.52 bits per heavy atom. The Morgan fingerprint density at radius 1 is 1.20 bits per heavy atom. The number of furan rings is 1. The first kappa shape index (κ1) is 17.2. The zero-order valence-corrected chi connectivity index (χ0v) is 12.9. The number of amides is 1. The fourth-order valence-electron chi connectivity index (χ4n) is 2.48. The van der Waals surface area contributed by atoms with Crippen molar-refractivity contribution >= 4 is 11.9 Å².